The van der Waals surface area contributed by atoms with E-state index in [1.807, 2.05) is 24.3 Å². The molecule has 3 rings (SSSR count). The Morgan fingerprint density at radius 3 is 2.65 bits per heavy atom. The van der Waals surface area contributed by atoms with Gasteiger partial charge in [0.25, 0.3) is 0 Å². The molecular weight excluding hydrogens is 462 g/mol. The predicted molar refractivity (Wildman–Crippen MR) is 151 cm³/mol. The van der Waals surface area contributed by atoms with Gasteiger partial charge in [0.1, 0.15) is 5.82 Å². The van der Waals surface area contributed by atoms with E-state index in [9.17, 15) is 4.79 Å². The smallest absolute Gasteiger partial charge is 0.223 e. The van der Waals surface area contributed by atoms with Gasteiger partial charge in [-0.15, -0.1) is 6.58 Å². The third-order valence-electron chi connectivity index (χ3n) is 6.86. The highest BCUT2D eigenvalue weighted by atomic mass is 16.5. The molecule has 6 nitrogen and oxygen atoms in total. The molecule has 0 aliphatic heterocycles. The van der Waals surface area contributed by atoms with Gasteiger partial charge in [-0.2, -0.15) is 0 Å². The standard InChI is InChI=1S/C31H43N3O3/c1-5-14-24-18-19-28(29(23-24)36-4)37-22-13-21-34-27-16-11-10-15-26(27)33-30(34)17-9-8-12-20-32-31(35)25(6-2)7-3/h5,10-11,15-16,18-19,23,25H,1,6-9,12-14,17,20-22H2,2-4H3,(H,32,35). The van der Waals surface area contributed by atoms with Crippen LogP contribution < -0.4 is 14.8 Å². The van der Waals surface area contributed by atoms with Crippen LogP contribution in [0.25, 0.3) is 11.0 Å². The van der Waals surface area contributed by atoms with Crippen molar-refractivity contribution in [2.75, 3.05) is 20.3 Å². The number of hydrogen-bond acceptors (Lipinski definition) is 4. The van der Waals surface area contributed by atoms with E-state index in [4.69, 9.17) is 14.5 Å². The lowest BCUT2D eigenvalue weighted by molar-refractivity contribution is -0.125. The van der Waals surface area contributed by atoms with Crippen molar-refractivity contribution in [3.63, 3.8) is 0 Å². The van der Waals surface area contributed by atoms with Gasteiger partial charge in [0.15, 0.2) is 11.5 Å². The van der Waals surface area contributed by atoms with Crippen LogP contribution in [0.3, 0.4) is 0 Å². The number of nitrogens with one attached hydrogen (secondary N) is 1. The Kier molecular flexibility index (Phi) is 11.5. The van der Waals surface area contributed by atoms with E-state index in [-0.39, 0.29) is 11.8 Å². The second kappa shape index (κ2) is 15.1. The number of unbranched alkanes of at least 4 members (excludes halogenated alkanes) is 2. The second-order valence-corrected chi connectivity index (χ2v) is 9.46. The van der Waals surface area contributed by atoms with Crippen molar-refractivity contribution >= 4 is 16.9 Å². The molecule has 3 aromatic rings. The summed E-state index contributed by atoms with van der Waals surface area (Å²) in [6.07, 6.45) is 9.40. The topological polar surface area (TPSA) is 65.4 Å². The zero-order chi connectivity index (χ0) is 26.5. The van der Waals surface area contributed by atoms with Gasteiger partial charge in [0.05, 0.1) is 24.8 Å². The molecule has 1 aromatic heterocycles. The number of carbonyl (C=O) groups is 1. The highest BCUT2D eigenvalue weighted by Crippen LogP contribution is 2.28. The third kappa shape index (κ3) is 8.11. The zero-order valence-electron chi connectivity index (χ0n) is 22.8. The number of para-hydroxylation sites is 2. The minimum atomic E-state index is 0.140. The van der Waals surface area contributed by atoms with E-state index in [2.05, 4.69) is 54.6 Å². The van der Waals surface area contributed by atoms with Gasteiger partial charge >= 0.3 is 0 Å². The average molecular weight is 506 g/mol. The summed E-state index contributed by atoms with van der Waals surface area (Å²) >= 11 is 0. The SMILES string of the molecule is C=CCc1ccc(OCCCn2c(CCCCCNC(=O)C(CC)CC)nc3ccccc32)c(OC)c1. The Morgan fingerprint density at radius 2 is 1.89 bits per heavy atom. The van der Waals surface area contributed by atoms with Crippen molar-refractivity contribution in [1.29, 1.82) is 0 Å². The number of rotatable bonds is 17. The molecule has 0 spiro atoms. The molecule has 0 saturated heterocycles. The van der Waals surface area contributed by atoms with E-state index in [0.717, 1.165) is 92.9 Å². The molecule has 0 radical (unpaired) electrons. The largest absolute Gasteiger partial charge is 0.493 e. The lowest BCUT2D eigenvalue weighted by Gasteiger charge is -2.13. The second-order valence-electron chi connectivity index (χ2n) is 9.46. The Balaban J connectivity index is 1.51. The van der Waals surface area contributed by atoms with E-state index in [1.165, 1.54) is 5.52 Å². The normalized spacial score (nSPS) is 11.1. The molecule has 0 atom stereocenters. The summed E-state index contributed by atoms with van der Waals surface area (Å²) in [7, 11) is 1.67. The van der Waals surface area contributed by atoms with Crippen LogP contribution in [0.15, 0.2) is 55.1 Å². The summed E-state index contributed by atoms with van der Waals surface area (Å²) in [5.74, 6) is 2.97. The highest BCUT2D eigenvalue weighted by Gasteiger charge is 2.13. The first-order chi connectivity index (χ1) is 18.1. The number of nitrogens with zero attached hydrogens (tertiary/aromatic N) is 2. The average Bonchev–Trinajstić information content (AvgIpc) is 3.27. The van der Waals surface area contributed by atoms with E-state index < -0.39 is 0 Å². The first-order valence-electron chi connectivity index (χ1n) is 13.7. The van der Waals surface area contributed by atoms with Crippen molar-refractivity contribution in [3.05, 3.63) is 66.5 Å². The fourth-order valence-electron chi connectivity index (χ4n) is 4.70. The van der Waals surface area contributed by atoms with Crippen LogP contribution in [0, 0.1) is 5.92 Å². The molecule has 0 saturated carbocycles. The molecule has 1 N–H and O–H groups in total. The molecule has 6 heteroatoms. The van der Waals surface area contributed by atoms with Crippen LogP contribution in [0.1, 0.15) is 63.8 Å². The molecule has 0 aliphatic carbocycles. The molecule has 37 heavy (non-hydrogen) atoms. The van der Waals surface area contributed by atoms with E-state index >= 15 is 0 Å². The summed E-state index contributed by atoms with van der Waals surface area (Å²) in [6, 6.07) is 14.4. The van der Waals surface area contributed by atoms with Crippen molar-refractivity contribution in [2.24, 2.45) is 5.92 Å². The Bertz CT molecular complexity index is 1130. The Hall–Kier alpha value is -3.28. The molecule has 0 unspecified atom stereocenters. The molecule has 1 amide bonds. The molecule has 1 heterocycles. The van der Waals surface area contributed by atoms with Crippen molar-refractivity contribution in [2.45, 2.75) is 71.8 Å². The summed E-state index contributed by atoms with van der Waals surface area (Å²) in [5, 5.41) is 3.09. The van der Waals surface area contributed by atoms with Crippen LogP contribution in [-0.2, 0) is 24.2 Å². The maximum absolute atomic E-state index is 12.2. The van der Waals surface area contributed by atoms with Crippen LogP contribution in [-0.4, -0.2) is 35.7 Å². The number of fused-ring (bicyclic) bond motifs is 1. The molecule has 0 fully saturated rings. The first kappa shape index (κ1) is 28.3. The van der Waals surface area contributed by atoms with Gasteiger partial charge in [0.2, 0.25) is 5.91 Å². The monoisotopic (exact) mass is 505 g/mol. The van der Waals surface area contributed by atoms with Gasteiger partial charge in [-0.3, -0.25) is 4.79 Å². The number of amides is 1. The maximum atomic E-state index is 12.2. The Labute approximate surface area is 222 Å². The van der Waals surface area contributed by atoms with Gasteiger partial charge in [-0.05, 0) is 68.4 Å². The number of aryl methyl sites for hydroxylation is 2. The number of hydrogen-bond donors (Lipinski definition) is 1. The van der Waals surface area contributed by atoms with Crippen molar-refractivity contribution in [1.82, 2.24) is 14.9 Å². The quantitative estimate of drug-likeness (QED) is 0.168. The van der Waals surface area contributed by atoms with Gasteiger partial charge < -0.3 is 19.4 Å². The van der Waals surface area contributed by atoms with Gasteiger partial charge in [0, 0.05) is 25.4 Å². The van der Waals surface area contributed by atoms with Crippen LogP contribution in [0.5, 0.6) is 11.5 Å². The number of allylic oxidation sites excluding steroid dienone is 1. The van der Waals surface area contributed by atoms with E-state index in [1.54, 1.807) is 7.11 Å². The minimum Gasteiger partial charge on any atom is -0.493 e. The van der Waals surface area contributed by atoms with Crippen LogP contribution in [0.4, 0.5) is 0 Å². The van der Waals surface area contributed by atoms with Gasteiger partial charge in [-0.1, -0.05) is 44.5 Å². The molecule has 200 valence electrons. The van der Waals surface area contributed by atoms with Crippen molar-refractivity contribution < 1.29 is 14.3 Å². The summed E-state index contributed by atoms with van der Waals surface area (Å²) < 4.78 is 13.9. The molecule has 2 aromatic carbocycles. The first-order valence-corrected chi connectivity index (χ1v) is 13.7. The number of benzene rings is 2. The number of imidazole rings is 1. The molecule has 0 bridgehead atoms. The van der Waals surface area contributed by atoms with Crippen LogP contribution >= 0.6 is 0 Å². The molecular formula is C31H43N3O3. The fourth-order valence-corrected chi connectivity index (χ4v) is 4.70. The summed E-state index contributed by atoms with van der Waals surface area (Å²) in [4.78, 5) is 17.1. The third-order valence-corrected chi connectivity index (χ3v) is 6.86. The maximum Gasteiger partial charge on any atom is 0.223 e. The van der Waals surface area contributed by atoms with E-state index in [0.29, 0.717) is 6.61 Å². The van der Waals surface area contributed by atoms with Gasteiger partial charge in [-0.25, -0.2) is 4.98 Å². The number of ether oxygens (including phenoxy) is 2. The highest BCUT2D eigenvalue weighted by molar-refractivity contribution is 5.78. The number of aromatic nitrogens is 2. The zero-order valence-corrected chi connectivity index (χ0v) is 22.8. The van der Waals surface area contributed by atoms with Crippen LogP contribution in [0.2, 0.25) is 0 Å². The number of carbonyl (C=O) groups excluding carboxylic acids is 1. The summed E-state index contributed by atoms with van der Waals surface area (Å²) in [5.41, 5.74) is 3.36. The lowest BCUT2D eigenvalue weighted by atomic mass is 10.0. The lowest BCUT2D eigenvalue weighted by Crippen LogP contribution is -2.30. The van der Waals surface area contributed by atoms with Crippen molar-refractivity contribution in [3.8, 4) is 11.5 Å². The number of methoxy groups -OCH3 is 1. The predicted octanol–water partition coefficient (Wildman–Crippen LogP) is 6.51. The Morgan fingerprint density at radius 1 is 1.08 bits per heavy atom. The molecule has 0 aliphatic rings. The summed E-state index contributed by atoms with van der Waals surface area (Å²) in [6.45, 7) is 10.1. The minimum absolute atomic E-state index is 0.140. The fraction of sp³-hybridized carbons (Fsp3) is 0.484.